The van der Waals surface area contributed by atoms with E-state index in [9.17, 15) is 9.59 Å². The van der Waals surface area contributed by atoms with Gasteiger partial charge in [-0.15, -0.1) is 0 Å². The van der Waals surface area contributed by atoms with Gasteiger partial charge in [-0.1, -0.05) is 24.3 Å². The number of pyridine rings is 1. The molecule has 0 aliphatic carbocycles. The van der Waals surface area contributed by atoms with E-state index in [0.717, 1.165) is 30.6 Å². The summed E-state index contributed by atoms with van der Waals surface area (Å²) in [4.78, 5) is 23.8. The predicted octanol–water partition coefficient (Wildman–Crippen LogP) is 2.10. The van der Waals surface area contributed by atoms with E-state index in [0.29, 0.717) is 12.1 Å². The number of carbonyl (C=O) groups is 1. The molecule has 0 radical (unpaired) electrons. The SMILES string of the molecule is CC1(c2ccn(Cc3ccc(C(=O)CO)cc3)c(=O)c2)CCCO1. The van der Waals surface area contributed by atoms with Gasteiger partial charge in [0.25, 0.3) is 5.56 Å². The maximum Gasteiger partial charge on any atom is 0.251 e. The van der Waals surface area contributed by atoms with Crippen molar-refractivity contribution in [3.05, 3.63) is 69.6 Å². The Morgan fingerprint density at radius 3 is 2.62 bits per heavy atom. The molecule has 1 unspecified atom stereocenters. The van der Waals surface area contributed by atoms with Crippen LogP contribution in [0.5, 0.6) is 0 Å². The largest absolute Gasteiger partial charge is 0.388 e. The van der Waals surface area contributed by atoms with Gasteiger partial charge >= 0.3 is 0 Å². The predicted molar refractivity (Wildman–Crippen MR) is 90.2 cm³/mol. The van der Waals surface area contributed by atoms with Gasteiger partial charge in [-0.05, 0) is 37.0 Å². The van der Waals surface area contributed by atoms with Crippen molar-refractivity contribution in [1.29, 1.82) is 0 Å². The molecule has 2 aromatic rings. The zero-order valence-electron chi connectivity index (χ0n) is 13.7. The molecule has 1 aliphatic heterocycles. The highest BCUT2D eigenvalue weighted by atomic mass is 16.5. The standard InChI is InChI=1S/C19H21NO4/c1-19(8-2-10-24-19)16-7-9-20(18(23)11-16)12-14-3-5-15(6-4-14)17(22)13-21/h3-7,9,11,21H,2,8,10,12-13H2,1H3. The maximum atomic E-state index is 12.4. The van der Waals surface area contributed by atoms with Gasteiger partial charge in [-0.2, -0.15) is 0 Å². The van der Waals surface area contributed by atoms with Gasteiger partial charge < -0.3 is 14.4 Å². The summed E-state index contributed by atoms with van der Waals surface area (Å²) >= 11 is 0. The Kier molecular flexibility index (Phi) is 4.64. The summed E-state index contributed by atoms with van der Waals surface area (Å²) in [5, 5.41) is 8.86. The lowest BCUT2D eigenvalue weighted by molar-refractivity contribution is 0.0166. The fraction of sp³-hybridized carbons (Fsp3) is 0.368. The van der Waals surface area contributed by atoms with Gasteiger partial charge in [0.1, 0.15) is 6.61 Å². The first-order valence-electron chi connectivity index (χ1n) is 8.10. The number of ether oxygens (including phenoxy) is 1. The third-order valence-corrected chi connectivity index (χ3v) is 4.60. The van der Waals surface area contributed by atoms with Crippen molar-refractivity contribution in [3.8, 4) is 0 Å². The number of aliphatic hydroxyl groups is 1. The molecule has 1 aromatic carbocycles. The number of aromatic nitrogens is 1. The zero-order chi connectivity index (χ0) is 17.2. The minimum Gasteiger partial charge on any atom is -0.388 e. The summed E-state index contributed by atoms with van der Waals surface area (Å²) in [7, 11) is 0. The molecule has 1 fully saturated rings. The highest BCUT2D eigenvalue weighted by Crippen LogP contribution is 2.34. The maximum absolute atomic E-state index is 12.4. The smallest absolute Gasteiger partial charge is 0.251 e. The number of ketones is 1. The first-order chi connectivity index (χ1) is 11.5. The van der Waals surface area contributed by atoms with Crippen molar-refractivity contribution in [3.63, 3.8) is 0 Å². The molecular formula is C19H21NO4. The molecule has 1 saturated heterocycles. The second-order valence-electron chi connectivity index (χ2n) is 6.34. The summed E-state index contributed by atoms with van der Waals surface area (Å²) in [6.07, 6.45) is 3.73. The van der Waals surface area contributed by atoms with Crippen molar-refractivity contribution in [2.24, 2.45) is 0 Å². The van der Waals surface area contributed by atoms with Crippen LogP contribution in [0.1, 0.15) is 41.3 Å². The fourth-order valence-electron chi connectivity index (χ4n) is 3.06. The van der Waals surface area contributed by atoms with Crippen LogP contribution in [0.25, 0.3) is 0 Å². The van der Waals surface area contributed by atoms with Gasteiger partial charge in [-0.3, -0.25) is 9.59 Å². The van der Waals surface area contributed by atoms with Crippen LogP contribution in [0.2, 0.25) is 0 Å². The number of hydrogen-bond acceptors (Lipinski definition) is 4. The van der Waals surface area contributed by atoms with E-state index in [-0.39, 0.29) is 16.9 Å². The normalized spacial score (nSPS) is 20.2. The molecule has 0 spiro atoms. The molecule has 1 N–H and O–H groups in total. The lowest BCUT2D eigenvalue weighted by atomic mass is 9.94. The van der Waals surface area contributed by atoms with Crippen molar-refractivity contribution >= 4 is 5.78 Å². The van der Waals surface area contributed by atoms with Gasteiger partial charge in [-0.25, -0.2) is 0 Å². The Hall–Kier alpha value is -2.24. The van der Waals surface area contributed by atoms with E-state index < -0.39 is 6.61 Å². The molecular weight excluding hydrogens is 306 g/mol. The topological polar surface area (TPSA) is 68.5 Å². The van der Waals surface area contributed by atoms with Crippen LogP contribution in [-0.4, -0.2) is 28.7 Å². The Morgan fingerprint density at radius 2 is 2.04 bits per heavy atom. The number of nitrogens with zero attached hydrogens (tertiary/aromatic N) is 1. The molecule has 1 aromatic heterocycles. The zero-order valence-corrected chi connectivity index (χ0v) is 13.7. The van der Waals surface area contributed by atoms with Crippen LogP contribution in [0.15, 0.2) is 47.4 Å². The summed E-state index contributed by atoms with van der Waals surface area (Å²) in [6.45, 7) is 2.69. The monoisotopic (exact) mass is 327 g/mol. The fourth-order valence-corrected chi connectivity index (χ4v) is 3.06. The number of aliphatic hydroxyl groups excluding tert-OH is 1. The van der Waals surface area contributed by atoms with Crippen molar-refractivity contribution in [1.82, 2.24) is 4.57 Å². The average Bonchev–Trinajstić information content (AvgIpc) is 3.04. The Morgan fingerprint density at radius 1 is 1.29 bits per heavy atom. The summed E-state index contributed by atoms with van der Waals surface area (Å²) < 4.78 is 7.41. The lowest BCUT2D eigenvalue weighted by Crippen LogP contribution is -2.26. The molecule has 5 nitrogen and oxygen atoms in total. The van der Waals surface area contributed by atoms with Crippen molar-refractivity contribution < 1.29 is 14.6 Å². The minimum absolute atomic E-state index is 0.0697. The molecule has 1 atom stereocenters. The average molecular weight is 327 g/mol. The number of carbonyl (C=O) groups excluding carboxylic acids is 1. The quantitative estimate of drug-likeness (QED) is 0.854. The summed E-state index contributed by atoms with van der Waals surface area (Å²) in [5.41, 5.74) is 1.88. The van der Waals surface area contributed by atoms with Crippen LogP contribution < -0.4 is 5.56 Å². The van der Waals surface area contributed by atoms with Crippen molar-refractivity contribution in [2.75, 3.05) is 13.2 Å². The molecule has 24 heavy (non-hydrogen) atoms. The number of rotatable bonds is 5. The van der Waals surface area contributed by atoms with E-state index >= 15 is 0 Å². The van der Waals surface area contributed by atoms with Gasteiger partial charge in [0.2, 0.25) is 0 Å². The van der Waals surface area contributed by atoms with E-state index in [4.69, 9.17) is 9.84 Å². The molecule has 0 bridgehead atoms. The van der Waals surface area contributed by atoms with Crippen LogP contribution in [0.4, 0.5) is 0 Å². The van der Waals surface area contributed by atoms with E-state index in [1.807, 2.05) is 13.0 Å². The van der Waals surface area contributed by atoms with Gasteiger partial charge in [0.15, 0.2) is 5.78 Å². The Bertz CT molecular complexity index is 786. The van der Waals surface area contributed by atoms with Crippen LogP contribution >= 0.6 is 0 Å². The van der Waals surface area contributed by atoms with Crippen LogP contribution in [0, 0.1) is 0 Å². The van der Waals surface area contributed by atoms with E-state index in [1.54, 1.807) is 41.1 Å². The molecule has 0 amide bonds. The Balaban J connectivity index is 1.78. The van der Waals surface area contributed by atoms with Crippen LogP contribution in [-0.2, 0) is 16.9 Å². The van der Waals surface area contributed by atoms with E-state index in [1.165, 1.54) is 0 Å². The van der Waals surface area contributed by atoms with Gasteiger partial charge in [0, 0.05) is 24.4 Å². The van der Waals surface area contributed by atoms with E-state index in [2.05, 4.69) is 0 Å². The number of Topliss-reactive ketones (excluding diaryl/α,β-unsaturated/α-hetero) is 1. The van der Waals surface area contributed by atoms with Crippen LogP contribution in [0.3, 0.4) is 0 Å². The van der Waals surface area contributed by atoms with Crippen molar-refractivity contribution in [2.45, 2.75) is 31.9 Å². The first-order valence-corrected chi connectivity index (χ1v) is 8.10. The molecule has 126 valence electrons. The third kappa shape index (κ3) is 3.32. The molecule has 1 aliphatic rings. The summed E-state index contributed by atoms with van der Waals surface area (Å²) in [5.74, 6) is -0.312. The first kappa shape index (κ1) is 16.6. The highest BCUT2D eigenvalue weighted by molar-refractivity contribution is 5.96. The summed E-state index contributed by atoms with van der Waals surface area (Å²) in [6, 6.07) is 10.5. The minimum atomic E-state index is -0.499. The molecule has 5 heteroatoms. The Labute approximate surface area is 140 Å². The second kappa shape index (κ2) is 6.71. The highest BCUT2D eigenvalue weighted by Gasteiger charge is 2.32. The third-order valence-electron chi connectivity index (χ3n) is 4.60. The second-order valence-corrected chi connectivity index (χ2v) is 6.34. The number of benzene rings is 1. The molecule has 0 saturated carbocycles. The molecule has 2 heterocycles. The molecule has 3 rings (SSSR count). The van der Waals surface area contributed by atoms with Gasteiger partial charge in [0.05, 0.1) is 12.1 Å². The lowest BCUT2D eigenvalue weighted by Gasteiger charge is -2.23. The number of hydrogen-bond donors (Lipinski definition) is 1.